The highest BCUT2D eigenvalue weighted by molar-refractivity contribution is 6.30. The predicted octanol–water partition coefficient (Wildman–Crippen LogP) is 4.26. The Kier molecular flexibility index (Phi) is 6.25. The van der Waals surface area contributed by atoms with Gasteiger partial charge in [-0.2, -0.15) is 5.26 Å². The molecule has 0 aliphatic carbocycles. The second kappa shape index (κ2) is 9.03. The molecule has 2 aromatic carbocycles. The predicted molar refractivity (Wildman–Crippen MR) is 109 cm³/mol. The first kappa shape index (κ1) is 20.8. The van der Waals surface area contributed by atoms with Crippen molar-refractivity contribution in [3.8, 4) is 11.8 Å². The molecule has 0 saturated carbocycles. The topological polar surface area (TPSA) is 104 Å². The minimum absolute atomic E-state index is 0.0773. The van der Waals surface area contributed by atoms with Crippen molar-refractivity contribution >= 4 is 34.9 Å². The van der Waals surface area contributed by atoms with E-state index in [0.29, 0.717) is 10.8 Å². The maximum Gasteiger partial charge on any atom is 0.259 e. The first-order chi connectivity index (χ1) is 14.4. The third-order valence-corrected chi connectivity index (χ3v) is 4.25. The van der Waals surface area contributed by atoms with Gasteiger partial charge in [-0.1, -0.05) is 11.6 Å². The number of aromatic nitrogens is 1. The van der Waals surface area contributed by atoms with Crippen LogP contribution in [0.15, 0.2) is 54.7 Å². The van der Waals surface area contributed by atoms with Gasteiger partial charge in [0.25, 0.3) is 11.8 Å². The molecule has 30 heavy (non-hydrogen) atoms. The average Bonchev–Trinajstić information content (AvgIpc) is 2.75. The lowest BCUT2D eigenvalue weighted by Crippen LogP contribution is -2.19. The minimum Gasteiger partial charge on any atom is -0.497 e. The van der Waals surface area contributed by atoms with Crippen LogP contribution in [0.25, 0.3) is 0 Å². The Labute approximate surface area is 176 Å². The van der Waals surface area contributed by atoms with E-state index in [1.54, 1.807) is 18.2 Å². The molecule has 3 rings (SSSR count). The van der Waals surface area contributed by atoms with Crippen LogP contribution in [0.2, 0.25) is 5.02 Å². The summed E-state index contributed by atoms with van der Waals surface area (Å²) in [5.74, 6) is -1.56. The number of pyridine rings is 1. The van der Waals surface area contributed by atoms with E-state index in [1.807, 2.05) is 0 Å². The van der Waals surface area contributed by atoms with Crippen molar-refractivity contribution in [1.82, 2.24) is 4.98 Å². The monoisotopic (exact) mass is 424 g/mol. The minimum atomic E-state index is -0.851. The average molecular weight is 425 g/mol. The molecule has 0 aliphatic heterocycles. The number of benzene rings is 2. The fourth-order valence-corrected chi connectivity index (χ4v) is 2.65. The van der Waals surface area contributed by atoms with Gasteiger partial charge in [-0.15, -0.1) is 0 Å². The second-order valence-electron chi connectivity index (χ2n) is 5.99. The van der Waals surface area contributed by atoms with E-state index in [2.05, 4.69) is 15.6 Å². The molecular formula is C21H14ClFN4O3. The number of nitrogens with zero attached hydrogens (tertiary/aromatic N) is 2. The maximum absolute atomic E-state index is 14.2. The molecule has 1 heterocycles. The van der Waals surface area contributed by atoms with Gasteiger partial charge in [-0.05, 0) is 48.5 Å². The molecule has 1 aromatic heterocycles. The quantitative estimate of drug-likeness (QED) is 0.636. The van der Waals surface area contributed by atoms with Gasteiger partial charge in [0.05, 0.1) is 40.6 Å². The Bertz CT molecular complexity index is 1160. The number of methoxy groups -OCH3 is 1. The van der Waals surface area contributed by atoms with Crippen LogP contribution in [0.1, 0.15) is 26.3 Å². The molecule has 0 spiro atoms. The van der Waals surface area contributed by atoms with Crippen molar-refractivity contribution in [2.24, 2.45) is 0 Å². The molecule has 0 fully saturated rings. The molecule has 0 radical (unpaired) electrons. The highest BCUT2D eigenvalue weighted by Gasteiger charge is 2.18. The number of carbonyl (C=O) groups is 2. The van der Waals surface area contributed by atoms with Gasteiger partial charge in [-0.3, -0.25) is 9.59 Å². The first-order valence-electron chi connectivity index (χ1n) is 8.53. The summed E-state index contributed by atoms with van der Waals surface area (Å²) < 4.78 is 19.3. The van der Waals surface area contributed by atoms with Crippen LogP contribution < -0.4 is 15.4 Å². The highest BCUT2D eigenvalue weighted by Crippen LogP contribution is 2.24. The van der Waals surface area contributed by atoms with Gasteiger partial charge in [0, 0.05) is 6.20 Å². The molecule has 150 valence electrons. The SMILES string of the molecule is COc1ccc(NC(=O)c2ccc(C#N)cc2F)c(C(=O)Nc2ccc(Cl)cn2)c1. The Morgan fingerprint density at radius 2 is 1.83 bits per heavy atom. The van der Waals surface area contributed by atoms with E-state index in [0.717, 1.165) is 6.07 Å². The number of nitriles is 1. The number of carbonyl (C=O) groups excluding carboxylic acids is 2. The molecule has 9 heteroatoms. The normalized spacial score (nSPS) is 10.1. The summed E-state index contributed by atoms with van der Waals surface area (Å²) in [7, 11) is 1.43. The fraction of sp³-hybridized carbons (Fsp3) is 0.0476. The van der Waals surface area contributed by atoms with Crippen LogP contribution in [0.5, 0.6) is 5.75 Å². The van der Waals surface area contributed by atoms with Crippen molar-refractivity contribution in [3.63, 3.8) is 0 Å². The number of amides is 2. The number of halogens is 2. The van der Waals surface area contributed by atoms with Crippen LogP contribution in [-0.4, -0.2) is 23.9 Å². The van der Waals surface area contributed by atoms with Gasteiger partial charge in [-0.25, -0.2) is 9.37 Å². The zero-order valence-corrected chi connectivity index (χ0v) is 16.3. The third-order valence-electron chi connectivity index (χ3n) is 4.03. The van der Waals surface area contributed by atoms with Crippen LogP contribution in [-0.2, 0) is 0 Å². The Morgan fingerprint density at radius 1 is 1.07 bits per heavy atom. The fourth-order valence-electron chi connectivity index (χ4n) is 2.54. The molecule has 2 amide bonds. The van der Waals surface area contributed by atoms with E-state index < -0.39 is 17.6 Å². The van der Waals surface area contributed by atoms with E-state index in [4.69, 9.17) is 21.6 Å². The molecule has 3 aromatic rings. The Morgan fingerprint density at radius 3 is 2.47 bits per heavy atom. The van der Waals surface area contributed by atoms with Crippen molar-refractivity contribution in [2.45, 2.75) is 0 Å². The van der Waals surface area contributed by atoms with E-state index in [1.165, 1.54) is 43.6 Å². The number of hydrogen-bond acceptors (Lipinski definition) is 5. The summed E-state index contributed by atoms with van der Waals surface area (Å²) >= 11 is 5.79. The molecule has 0 bridgehead atoms. The Hall–Kier alpha value is -3.96. The van der Waals surface area contributed by atoms with Crippen molar-refractivity contribution in [2.75, 3.05) is 17.7 Å². The van der Waals surface area contributed by atoms with E-state index in [9.17, 15) is 14.0 Å². The van der Waals surface area contributed by atoms with Crippen molar-refractivity contribution in [3.05, 3.63) is 82.3 Å². The molecule has 0 unspecified atom stereocenters. The standard InChI is InChI=1S/C21H14ClFN4O3/c1-30-14-4-6-18(26-20(28)15-5-2-12(10-24)8-17(15)23)16(9-14)21(29)27-19-7-3-13(22)11-25-19/h2-9,11H,1H3,(H,26,28)(H,25,27,29). The van der Waals surface area contributed by atoms with E-state index >= 15 is 0 Å². The zero-order chi connectivity index (χ0) is 21.7. The molecule has 0 aliphatic rings. The molecule has 2 N–H and O–H groups in total. The van der Waals surface area contributed by atoms with Gasteiger partial charge in [0.1, 0.15) is 17.4 Å². The number of anilines is 2. The lowest BCUT2D eigenvalue weighted by molar-refractivity contribution is 0.102. The van der Waals surface area contributed by atoms with Gasteiger partial charge >= 0.3 is 0 Å². The summed E-state index contributed by atoms with van der Waals surface area (Å²) in [6.45, 7) is 0. The van der Waals surface area contributed by atoms with Crippen LogP contribution >= 0.6 is 11.6 Å². The second-order valence-corrected chi connectivity index (χ2v) is 6.42. The Balaban J connectivity index is 1.89. The number of rotatable bonds is 5. The summed E-state index contributed by atoms with van der Waals surface area (Å²) in [5, 5.41) is 14.3. The number of ether oxygens (including phenoxy) is 1. The number of hydrogen-bond donors (Lipinski definition) is 2. The largest absolute Gasteiger partial charge is 0.497 e. The van der Waals surface area contributed by atoms with Gasteiger partial charge in [0.2, 0.25) is 0 Å². The first-order valence-corrected chi connectivity index (χ1v) is 8.91. The summed E-state index contributed by atoms with van der Waals surface area (Å²) in [6, 6.07) is 12.8. The lowest BCUT2D eigenvalue weighted by atomic mass is 10.1. The lowest BCUT2D eigenvalue weighted by Gasteiger charge is -2.13. The smallest absolute Gasteiger partial charge is 0.259 e. The van der Waals surface area contributed by atoms with Crippen LogP contribution in [0, 0.1) is 17.1 Å². The summed E-state index contributed by atoms with van der Waals surface area (Å²) in [6.07, 6.45) is 1.37. The number of nitrogens with one attached hydrogen (secondary N) is 2. The maximum atomic E-state index is 14.2. The zero-order valence-electron chi connectivity index (χ0n) is 15.6. The summed E-state index contributed by atoms with van der Waals surface area (Å²) in [5.41, 5.74) is 0.0316. The third kappa shape index (κ3) is 4.71. The van der Waals surface area contributed by atoms with E-state index in [-0.39, 0.29) is 28.2 Å². The van der Waals surface area contributed by atoms with Crippen molar-refractivity contribution < 1.29 is 18.7 Å². The van der Waals surface area contributed by atoms with Gasteiger partial charge in [0.15, 0.2) is 0 Å². The molecular weight excluding hydrogens is 411 g/mol. The van der Waals surface area contributed by atoms with Gasteiger partial charge < -0.3 is 15.4 Å². The van der Waals surface area contributed by atoms with Crippen LogP contribution in [0.3, 0.4) is 0 Å². The summed E-state index contributed by atoms with van der Waals surface area (Å²) in [4.78, 5) is 29.3. The molecule has 7 nitrogen and oxygen atoms in total. The van der Waals surface area contributed by atoms with Crippen LogP contribution in [0.4, 0.5) is 15.9 Å². The molecule has 0 saturated heterocycles. The highest BCUT2D eigenvalue weighted by atomic mass is 35.5. The molecule has 0 atom stereocenters. The van der Waals surface area contributed by atoms with Crippen molar-refractivity contribution in [1.29, 1.82) is 5.26 Å².